The third kappa shape index (κ3) is 3.95. The Balaban J connectivity index is 1.44. The lowest BCUT2D eigenvalue weighted by Gasteiger charge is -2.36. The maximum Gasteiger partial charge on any atom is 0.224 e. The Kier molecular flexibility index (Phi) is 5.07. The molecule has 3 aromatic rings. The Morgan fingerprint density at radius 3 is 2.37 bits per heavy atom. The van der Waals surface area contributed by atoms with E-state index >= 15 is 0 Å². The first-order valence-electron chi connectivity index (χ1n) is 8.69. The minimum absolute atomic E-state index is 0.191. The fourth-order valence-electron chi connectivity index (χ4n) is 3.08. The van der Waals surface area contributed by atoms with E-state index in [1.54, 1.807) is 24.3 Å². The predicted molar refractivity (Wildman–Crippen MR) is 104 cm³/mol. The number of para-hydroxylation sites is 2. The molecule has 0 radical (unpaired) electrons. The topological polar surface area (TPSA) is 41.5 Å². The summed E-state index contributed by atoms with van der Waals surface area (Å²) < 4.78 is 19.8. The number of benzene rings is 2. The predicted octanol–water partition coefficient (Wildman–Crippen LogP) is 4.39. The average molecular weight is 385 g/mol. The van der Waals surface area contributed by atoms with Crippen molar-refractivity contribution in [3.8, 4) is 11.6 Å². The zero-order valence-electron chi connectivity index (χ0n) is 14.6. The largest absolute Gasteiger partial charge is 0.437 e. The van der Waals surface area contributed by atoms with Crippen LogP contribution in [0.4, 0.5) is 15.9 Å². The van der Waals surface area contributed by atoms with E-state index in [2.05, 4.69) is 14.9 Å². The van der Waals surface area contributed by atoms with E-state index in [1.165, 1.54) is 12.4 Å². The van der Waals surface area contributed by atoms with E-state index in [1.807, 2.05) is 29.2 Å². The lowest BCUT2D eigenvalue weighted by molar-refractivity contribution is 0.461. The van der Waals surface area contributed by atoms with Gasteiger partial charge in [0.1, 0.15) is 23.7 Å². The molecule has 0 unspecified atom stereocenters. The minimum atomic E-state index is -0.191. The molecule has 0 bridgehead atoms. The normalized spacial score (nSPS) is 14.3. The molecule has 1 aliphatic rings. The van der Waals surface area contributed by atoms with Gasteiger partial charge in [-0.25, -0.2) is 14.4 Å². The number of rotatable bonds is 4. The molecule has 1 saturated heterocycles. The van der Waals surface area contributed by atoms with Crippen molar-refractivity contribution in [2.75, 3.05) is 36.0 Å². The highest BCUT2D eigenvalue weighted by Gasteiger charge is 2.20. The van der Waals surface area contributed by atoms with Crippen LogP contribution in [0.3, 0.4) is 0 Å². The van der Waals surface area contributed by atoms with Gasteiger partial charge in [-0.15, -0.1) is 0 Å². The second-order valence-electron chi connectivity index (χ2n) is 6.17. The van der Waals surface area contributed by atoms with Crippen molar-refractivity contribution >= 4 is 23.1 Å². The van der Waals surface area contributed by atoms with Gasteiger partial charge in [0.25, 0.3) is 0 Å². The quantitative estimate of drug-likeness (QED) is 0.667. The SMILES string of the molecule is Fc1ccccc1N1CCN(c2cc(Oc3ccccc3Cl)ncn2)CC1. The second kappa shape index (κ2) is 7.80. The van der Waals surface area contributed by atoms with E-state index in [0.29, 0.717) is 35.4 Å². The van der Waals surface area contributed by atoms with Crippen molar-refractivity contribution in [3.05, 3.63) is 71.8 Å². The number of hydrogen-bond donors (Lipinski definition) is 0. The molecule has 0 spiro atoms. The van der Waals surface area contributed by atoms with Crippen LogP contribution in [-0.4, -0.2) is 36.1 Å². The second-order valence-corrected chi connectivity index (χ2v) is 6.58. The Labute approximate surface area is 162 Å². The summed E-state index contributed by atoms with van der Waals surface area (Å²) in [4.78, 5) is 12.7. The first kappa shape index (κ1) is 17.5. The summed E-state index contributed by atoms with van der Waals surface area (Å²) in [5.74, 6) is 1.57. The Morgan fingerprint density at radius 2 is 1.59 bits per heavy atom. The van der Waals surface area contributed by atoms with Gasteiger partial charge in [0.05, 0.1) is 10.7 Å². The number of ether oxygens (including phenoxy) is 1. The molecule has 2 aromatic carbocycles. The van der Waals surface area contributed by atoms with E-state index in [4.69, 9.17) is 16.3 Å². The molecule has 0 amide bonds. The number of anilines is 2. The van der Waals surface area contributed by atoms with Crippen LogP contribution in [0.5, 0.6) is 11.6 Å². The van der Waals surface area contributed by atoms with Crippen molar-refractivity contribution in [1.29, 1.82) is 0 Å². The molecule has 27 heavy (non-hydrogen) atoms. The molecule has 7 heteroatoms. The Bertz CT molecular complexity index is 931. The molecule has 0 N–H and O–H groups in total. The summed E-state index contributed by atoms with van der Waals surface area (Å²) in [5.41, 5.74) is 0.641. The third-order valence-electron chi connectivity index (χ3n) is 4.48. The molecule has 5 nitrogen and oxygen atoms in total. The van der Waals surface area contributed by atoms with E-state index in [9.17, 15) is 4.39 Å². The first-order chi connectivity index (χ1) is 13.2. The van der Waals surface area contributed by atoms with E-state index in [0.717, 1.165) is 18.9 Å². The molecular weight excluding hydrogens is 367 g/mol. The van der Waals surface area contributed by atoms with Crippen LogP contribution in [0.25, 0.3) is 0 Å². The lowest BCUT2D eigenvalue weighted by atomic mass is 10.2. The maximum atomic E-state index is 14.0. The van der Waals surface area contributed by atoms with Crippen LogP contribution in [0.1, 0.15) is 0 Å². The zero-order valence-corrected chi connectivity index (χ0v) is 15.3. The maximum absolute atomic E-state index is 14.0. The van der Waals surface area contributed by atoms with Crippen LogP contribution >= 0.6 is 11.6 Å². The lowest BCUT2D eigenvalue weighted by Crippen LogP contribution is -2.47. The van der Waals surface area contributed by atoms with Gasteiger partial charge in [0.15, 0.2) is 0 Å². The summed E-state index contributed by atoms with van der Waals surface area (Å²) in [5, 5.41) is 0.524. The van der Waals surface area contributed by atoms with Gasteiger partial charge in [-0.1, -0.05) is 35.9 Å². The Hall–Kier alpha value is -2.86. The molecule has 4 rings (SSSR count). The van der Waals surface area contributed by atoms with Gasteiger partial charge >= 0.3 is 0 Å². The molecule has 0 aliphatic carbocycles. The molecule has 2 heterocycles. The highest BCUT2D eigenvalue weighted by Crippen LogP contribution is 2.29. The summed E-state index contributed by atoms with van der Waals surface area (Å²) in [6.45, 7) is 2.89. The summed E-state index contributed by atoms with van der Waals surface area (Å²) in [7, 11) is 0. The Morgan fingerprint density at radius 1 is 0.889 bits per heavy atom. The van der Waals surface area contributed by atoms with Crippen LogP contribution in [0, 0.1) is 5.82 Å². The van der Waals surface area contributed by atoms with Crippen LogP contribution in [0.2, 0.25) is 5.02 Å². The number of halogens is 2. The van der Waals surface area contributed by atoms with Crippen molar-refractivity contribution in [1.82, 2.24) is 9.97 Å². The number of nitrogens with zero attached hydrogens (tertiary/aromatic N) is 4. The van der Waals surface area contributed by atoms with Gasteiger partial charge in [-0.2, -0.15) is 0 Å². The molecule has 1 aliphatic heterocycles. The van der Waals surface area contributed by atoms with Crippen LogP contribution in [-0.2, 0) is 0 Å². The molecule has 0 atom stereocenters. The molecule has 138 valence electrons. The highest BCUT2D eigenvalue weighted by molar-refractivity contribution is 6.32. The van der Waals surface area contributed by atoms with Crippen molar-refractivity contribution in [2.24, 2.45) is 0 Å². The van der Waals surface area contributed by atoms with Gasteiger partial charge < -0.3 is 14.5 Å². The van der Waals surface area contributed by atoms with Crippen LogP contribution < -0.4 is 14.5 Å². The average Bonchev–Trinajstić information content (AvgIpc) is 2.71. The van der Waals surface area contributed by atoms with Gasteiger partial charge in [0, 0.05) is 32.2 Å². The highest BCUT2D eigenvalue weighted by atomic mass is 35.5. The molecular formula is C20H18ClFN4O. The minimum Gasteiger partial charge on any atom is -0.437 e. The summed E-state index contributed by atoms with van der Waals surface area (Å²) in [6, 6.07) is 15.9. The van der Waals surface area contributed by atoms with E-state index < -0.39 is 0 Å². The van der Waals surface area contributed by atoms with Gasteiger partial charge in [-0.05, 0) is 24.3 Å². The van der Waals surface area contributed by atoms with Gasteiger partial charge in [-0.3, -0.25) is 0 Å². The summed E-state index contributed by atoms with van der Waals surface area (Å²) >= 11 is 6.13. The standard InChI is InChI=1S/C20H18ClFN4O/c21-15-5-1-4-8-18(15)27-20-13-19(23-14-24-20)26-11-9-25(10-12-26)17-7-3-2-6-16(17)22/h1-8,13-14H,9-12H2. The number of piperazine rings is 1. The summed E-state index contributed by atoms with van der Waals surface area (Å²) in [6.07, 6.45) is 1.48. The van der Waals surface area contributed by atoms with Crippen LogP contribution in [0.15, 0.2) is 60.9 Å². The zero-order chi connectivity index (χ0) is 18.6. The fraction of sp³-hybridized carbons (Fsp3) is 0.200. The number of aromatic nitrogens is 2. The first-order valence-corrected chi connectivity index (χ1v) is 9.07. The third-order valence-corrected chi connectivity index (χ3v) is 4.79. The number of hydrogen-bond acceptors (Lipinski definition) is 5. The van der Waals surface area contributed by atoms with Gasteiger partial charge in [0.2, 0.25) is 5.88 Å². The van der Waals surface area contributed by atoms with Crippen molar-refractivity contribution < 1.29 is 9.13 Å². The molecule has 1 aromatic heterocycles. The fourth-order valence-corrected chi connectivity index (χ4v) is 3.26. The monoisotopic (exact) mass is 384 g/mol. The molecule has 0 saturated carbocycles. The molecule has 1 fully saturated rings. The van der Waals surface area contributed by atoms with Crippen molar-refractivity contribution in [3.63, 3.8) is 0 Å². The van der Waals surface area contributed by atoms with Crippen molar-refractivity contribution in [2.45, 2.75) is 0 Å². The van der Waals surface area contributed by atoms with E-state index in [-0.39, 0.29) is 5.82 Å². The smallest absolute Gasteiger partial charge is 0.224 e.